The summed E-state index contributed by atoms with van der Waals surface area (Å²) in [7, 11) is -3.76. The first kappa shape index (κ1) is 19.5. The van der Waals surface area contributed by atoms with Crippen LogP contribution >= 0.6 is 27.3 Å². The van der Waals surface area contributed by atoms with Gasteiger partial charge in [-0.3, -0.25) is 9.52 Å². The molecular formula is C18H16BrN3O3S2. The predicted octanol–water partition coefficient (Wildman–Crippen LogP) is 4.58. The Morgan fingerprint density at radius 1 is 1.11 bits per heavy atom. The number of benzene rings is 2. The predicted molar refractivity (Wildman–Crippen MR) is 111 cm³/mol. The van der Waals surface area contributed by atoms with Crippen LogP contribution in [0, 0.1) is 13.8 Å². The van der Waals surface area contributed by atoms with Crippen LogP contribution in [0.3, 0.4) is 0 Å². The van der Waals surface area contributed by atoms with Crippen molar-refractivity contribution in [1.82, 2.24) is 4.98 Å². The normalized spacial score (nSPS) is 11.2. The van der Waals surface area contributed by atoms with E-state index in [2.05, 4.69) is 31.0 Å². The van der Waals surface area contributed by atoms with Crippen molar-refractivity contribution in [1.29, 1.82) is 0 Å². The van der Waals surface area contributed by atoms with E-state index in [-0.39, 0.29) is 15.9 Å². The number of thiazole rings is 1. The van der Waals surface area contributed by atoms with Gasteiger partial charge in [0, 0.05) is 10.2 Å². The summed E-state index contributed by atoms with van der Waals surface area (Å²) in [6.45, 7) is 3.54. The zero-order chi connectivity index (χ0) is 19.6. The summed E-state index contributed by atoms with van der Waals surface area (Å²) < 4.78 is 28.2. The Labute approximate surface area is 169 Å². The molecule has 3 rings (SSSR count). The van der Waals surface area contributed by atoms with Crippen LogP contribution in [0.15, 0.2) is 57.9 Å². The van der Waals surface area contributed by atoms with Crippen molar-refractivity contribution in [2.75, 3.05) is 10.0 Å². The molecule has 0 aliphatic carbocycles. The van der Waals surface area contributed by atoms with E-state index in [1.54, 1.807) is 37.3 Å². The number of rotatable bonds is 5. The first-order valence-electron chi connectivity index (χ1n) is 7.88. The number of hydrogen-bond acceptors (Lipinski definition) is 5. The topological polar surface area (TPSA) is 88.2 Å². The van der Waals surface area contributed by atoms with Crippen LogP contribution in [0.25, 0.3) is 0 Å². The highest BCUT2D eigenvalue weighted by Gasteiger charge is 2.20. The van der Waals surface area contributed by atoms with E-state index < -0.39 is 10.0 Å². The van der Waals surface area contributed by atoms with E-state index in [0.717, 1.165) is 21.4 Å². The van der Waals surface area contributed by atoms with Crippen molar-refractivity contribution in [3.05, 3.63) is 69.1 Å². The SMILES string of the molecule is Cc1ccc(S(=O)(=O)Nc2nc(C)c(C(=O)Nc3cccc(Br)c3)s2)cc1. The molecule has 0 saturated carbocycles. The second-order valence-electron chi connectivity index (χ2n) is 5.82. The number of carbonyl (C=O) groups excluding carboxylic acids is 1. The second kappa shape index (κ2) is 7.79. The van der Waals surface area contributed by atoms with Gasteiger partial charge >= 0.3 is 0 Å². The Morgan fingerprint density at radius 2 is 1.81 bits per heavy atom. The first-order valence-corrected chi connectivity index (χ1v) is 11.0. The maximum absolute atomic E-state index is 12.5. The molecule has 0 radical (unpaired) electrons. The molecule has 0 spiro atoms. The van der Waals surface area contributed by atoms with E-state index in [4.69, 9.17) is 0 Å². The van der Waals surface area contributed by atoms with Gasteiger partial charge in [0.05, 0.1) is 10.6 Å². The van der Waals surface area contributed by atoms with Gasteiger partial charge in [0.25, 0.3) is 15.9 Å². The van der Waals surface area contributed by atoms with E-state index in [1.807, 2.05) is 13.0 Å². The maximum atomic E-state index is 12.5. The minimum Gasteiger partial charge on any atom is -0.321 e. The highest BCUT2D eigenvalue weighted by molar-refractivity contribution is 9.10. The molecule has 2 aromatic carbocycles. The van der Waals surface area contributed by atoms with Crippen molar-refractivity contribution in [2.24, 2.45) is 0 Å². The largest absolute Gasteiger partial charge is 0.321 e. The summed E-state index contributed by atoms with van der Waals surface area (Å²) in [4.78, 5) is 17.2. The number of aromatic nitrogens is 1. The Balaban J connectivity index is 1.79. The van der Waals surface area contributed by atoms with E-state index in [0.29, 0.717) is 16.3 Å². The third-order valence-corrected chi connectivity index (χ3v) is 6.69. The maximum Gasteiger partial charge on any atom is 0.267 e. The quantitative estimate of drug-likeness (QED) is 0.577. The summed E-state index contributed by atoms with van der Waals surface area (Å²) in [5.41, 5.74) is 2.05. The molecule has 1 heterocycles. The molecule has 1 amide bonds. The van der Waals surface area contributed by atoms with Gasteiger partial charge in [-0.25, -0.2) is 13.4 Å². The molecule has 6 nitrogen and oxygen atoms in total. The fourth-order valence-corrected chi connectivity index (χ4v) is 4.79. The molecule has 0 bridgehead atoms. The Morgan fingerprint density at radius 3 is 2.48 bits per heavy atom. The highest BCUT2D eigenvalue weighted by atomic mass is 79.9. The van der Waals surface area contributed by atoms with Gasteiger partial charge in [0.2, 0.25) is 0 Å². The number of aryl methyl sites for hydroxylation is 2. The molecule has 0 saturated heterocycles. The third kappa shape index (κ3) is 4.74. The monoisotopic (exact) mass is 465 g/mol. The summed E-state index contributed by atoms with van der Waals surface area (Å²) in [6, 6.07) is 13.7. The lowest BCUT2D eigenvalue weighted by atomic mass is 10.2. The van der Waals surface area contributed by atoms with Crippen LogP contribution in [0.5, 0.6) is 0 Å². The Bertz CT molecular complexity index is 1090. The van der Waals surface area contributed by atoms with Crippen molar-refractivity contribution in [2.45, 2.75) is 18.7 Å². The number of anilines is 2. The molecule has 27 heavy (non-hydrogen) atoms. The third-order valence-electron chi connectivity index (χ3n) is 3.64. The zero-order valence-electron chi connectivity index (χ0n) is 14.5. The van der Waals surface area contributed by atoms with Gasteiger partial charge in [0.1, 0.15) is 4.88 Å². The van der Waals surface area contributed by atoms with E-state index >= 15 is 0 Å². The van der Waals surface area contributed by atoms with Gasteiger partial charge in [-0.1, -0.05) is 51.0 Å². The Hall–Kier alpha value is -2.23. The molecular weight excluding hydrogens is 450 g/mol. The van der Waals surface area contributed by atoms with Gasteiger partial charge in [-0.2, -0.15) is 0 Å². The van der Waals surface area contributed by atoms with Gasteiger partial charge in [0.15, 0.2) is 5.13 Å². The van der Waals surface area contributed by atoms with Crippen LogP contribution in [-0.2, 0) is 10.0 Å². The van der Waals surface area contributed by atoms with Crippen LogP contribution in [0.1, 0.15) is 20.9 Å². The lowest BCUT2D eigenvalue weighted by molar-refractivity contribution is 0.103. The lowest BCUT2D eigenvalue weighted by Crippen LogP contribution is -2.12. The molecule has 0 fully saturated rings. The molecule has 140 valence electrons. The highest BCUT2D eigenvalue weighted by Crippen LogP contribution is 2.26. The lowest BCUT2D eigenvalue weighted by Gasteiger charge is -2.05. The number of nitrogens with one attached hydrogen (secondary N) is 2. The van der Waals surface area contributed by atoms with Gasteiger partial charge in [-0.05, 0) is 44.2 Å². The van der Waals surface area contributed by atoms with Gasteiger partial charge < -0.3 is 5.32 Å². The van der Waals surface area contributed by atoms with Crippen molar-refractivity contribution in [3.8, 4) is 0 Å². The van der Waals surface area contributed by atoms with E-state index in [9.17, 15) is 13.2 Å². The molecule has 0 unspecified atom stereocenters. The summed E-state index contributed by atoms with van der Waals surface area (Å²) in [5, 5.41) is 2.92. The average molecular weight is 466 g/mol. The number of carbonyl (C=O) groups is 1. The standard InChI is InChI=1S/C18H16BrN3O3S2/c1-11-6-8-15(9-7-11)27(24,25)22-18-20-12(2)16(26-18)17(23)21-14-5-3-4-13(19)10-14/h3-10H,1-2H3,(H,20,22)(H,21,23). The second-order valence-corrected chi connectivity index (χ2v) is 9.41. The number of halogens is 1. The minimum atomic E-state index is -3.76. The van der Waals surface area contributed by atoms with Crippen LogP contribution in [-0.4, -0.2) is 19.3 Å². The summed E-state index contributed by atoms with van der Waals surface area (Å²) in [5.74, 6) is -0.344. The number of sulfonamides is 1. The first-order chi connectivity index (χ1) is 12.7. The molecule has 2 N–H and O–H groups in total. The van der Waals surface area contributed by atoms with E-state index in [1.165, 1.54) is 12.1 Å². The van der Waals surface area contributed by atoms with Crippen molar-refractivity contribution in [3.63, 3.8) is 0 Å². The number of amides is 1. The van der Waals surface area contributed by atoms with Crippen molar-refractivity contribution >= 4 is 54.0 Å². The van der Waals surface area contributed by atoms with Crippen LogP contribution < -0.4 is 10.0 Å². The average Bonchev–Trinajstić information content (AvgIpc) is 2.95. The summed E-state index contributed by atoms with van der Waals surface area (Å²) >= 11 is 4.34. The fraction of sp³-hybridized carbons (Fsp3) is 0.111. The van der Waals surface area contributed by atoms with Crippen LogP contribution in [0.2, 0.25) is 0 Å². The Kier molecular flexibility index (Phi) is 5.64. The van der Waals surface area contributed by atoms with Crippen molar-refractivity contribution < 1.29 is 13.2 Å². The fourth-order valence-electron chi connectivity index (χ4n) is 2.30. The molecule has 0 aliphatic rings. The minimum absolute atomic E-state index is 0.140. The summed E-state index contributed by atoms with van der Waals surface area (Å²) in [6.07, 6.45) is 0. The van der Waals surface area contributed by atoms with Gasteiger partial charge in [-0.15, -0.1) is 0 Å². The molecule has 0 atom stereocenters. The molecule has 0 aliphatic heterocycles. The smallest absolute Gasteiger partial charge is 0.267 e. The zero-order valence-corrected chi connectivity index (χ0v) is 17.7. The molecule has 3 aromatic rings. The van der Waals surface area contributed by atoms with Crippen LogP contribution in [0.4, 0.5) is 10.8 Å². The number of hydrogen-bond donors (Lipinski definition) is 2. The molecule has 1 aromatic heterocycles. The molecule has 9 heteroatoms. The number of nitrogens with zero attached hydrogens (tertiary/aromatic N) is 1.